The highest BCUT2D eigenvalue weighted by atomic mass is 32.2. The molecule has 1 amide bonds. The predicted molar refractivity (Wildman–Crippen MR) is 69.9 cm³/mol. The van der Waals surface area contributed by atoms with Crippen LogP contribution in [-0.4, -0.2) is 31.8 Å². The lowest BCUT2D eigenvalue weighted by Gasteiger charge is -2.02. The van der Waals surface area contributed by atoms with Gasteiger partial charge in [0.25, 0.3) is 5.91 Å². The van der Waals surface area contributed by atoms with Crippen LogP contribution >= 0.6 is 23.1 Å². The number of hydrogen-bond acceptors (Lipinski definition) is 6. The Bertz CT molecular complexity index is 443. The van der Waals surface area contributed by atoms with E-state index < -0.39 is 5.97 Å². The topological polar surface area (TPSA) is 81.4 Å². The van der Waals surface area contributed by atoms with Gasteiger partial charge in [-0.25, -0.2) is 4.79 Å². The smallest absolute Gasteiger partial charge is 0.350 e. The second-order valence-electron chi connectivity index (χ2n) is 3.01. The van der Waals surface area contributed by atoms with Crippen LogP contribution < -0.4 is 11.1 Å². The molecule has 0 bridgehead atoms. The van der Waals surface area contributed by atoms with Gasteiger partial charge < -0.3 is 15.8 Å². The lowest BCUT2D eigenvalue weighted by molar-refractivity contribution is 0.0607. The Morgan fingerprint density at radius 2 is 2.18 bits per heavy atom. The summed E-state index contributed by atoms with van der Waals surface area (Å²) in [4.78, 5) is 23.5. The molecule has 3 N–H and O–H groups in total. The summed E-state index contributed by atoms with van der Waals surface area (Å²) in [6, 6.07) is 0. The van der Waals surface area contributed by atoms with Gasteiger partial charge in [0.2, 0.25) is 0 Å². The molecule has 1 aromatic heterocycles. The minimum Gasteiger partial charge on any atom is -0.465 e. The van der Waals surface area contributed by atoms with E-state index in [-0.39, 0.29) is 16.5 Å². The summed E-state index contributed by atoms with van der Waals surface area (Å²) in [5.74, 6) is -0.00431. The van der Waals surface area contributed by atoms with Gasteiger partial charge >= 0.3 is 5.97 Å². The molecule has 5 nitrogen and oxygen atoms in total. The maximum absolute atomic E-state index is 11.7. The number of methoxy groups -OCH3 is 1. The zero-order chi connectivity index (χ0) is 13.0. The Morgan fingerprint density at radius 3 is 2.65 bits per heavy atom. The average Bonchev–Trinajstić information content (AvgIpc) is 2.65. The van der Waals surface area contributed by atoms with Crippen LogP contribution in [0.2, 0.25) is 0 Å². The first-order valence-corrected chi connectivity index (χ1v) is 6.72. The number of ether oxygens (including phenoxy) is 1. The number of carbonyl (C=O) groups is 2. The lowest BCUT2D eigenvalue weighted by Crippen LogP contribution is -2.19. The van der Waals surface area contributed by atoms with Gasteiger partial charge in [0.1, 0.15) is 4.88 Å². The second-order valence-corrected chi connectivity index (χ2v) is 5.56. The fourth-order valence-corrected chi connectivity index (χ4v) is 3.56. The van der Waals surface area contributed by atoms with Crippen molar-refractivity contribution < 1.29 is 14.3 Å². The van der Waals surface area contributed by atoms with Gasteiger partial charge in [-0.3, -0.25) is 4.79 Å². The predicted octanol–water partition coefficient (Wildman–Crippen LogP) is 1.59. The molecule has 7 heteroatoms. The van der Waals surface area contributed by atoms with Crippen LogP contribution in [-0.2, 0) is 4.74 Å². The summed E-state index contributed by atoms with van der Waals surface area (Å²) in [6.45, 7) is 1.96. The van der Waals surface area contributed by atoms with E-state index in [9.17, 15) is 9.59 Å². The van der Waals surface area contributed by atoms with Crippen LogP contribution in [0, 0.1) is 0 Å². The highest BCUT2D eigenvalue weighted by molar-refractivity contribution is 8.01. The SMILES string of the molecule is CCSc1sc(C(=O)OC)c(N)c1C(=O)NC. The molecule has 1 rings (SSSR count). The maximum atomic E-state index is 11.7. The number of carbonyl (C=O) groups excluding carboxylic acids is 2. The van der Waals surface area contributed by atoms with Crippen LogP contribution in [0.25, 0.3) is 0 Å². The molecule has 0 aliphatic carbocycles. The zero-order valence-electron chi connectivity index (χ0n) is 9.83. The minimum atomic E-state index is -0.513. The van der Waals surface area contributed by atoms with Gasteiger partial charge in [0.15, 0.2) is 0 Å². The van der Waals surface area contributed by atoms with Crippen LogP contribution in [0.15, 0.2) is 4.21 Å². The number of anilines is 1. The van der Waals surface area contributed by atoms with Crippen molar-refractivity contribution in [3.05, 3.63) is 10.4 Å². The highest BCUT2D eigenvalue weighted by Crippen LogP contribution is 2.38. The first kappa shape index (κ1) is 13.9. The molecule has 94 valence electrons. The van der Waals surface area contributed by atoms with Gasteiger partial charge in [0.05, 0.1) is 22.6 Å². The van der Waals surface area contributed by atoms with E-state index >= 15 is 0 Å². The van der Waals surface area contributed by atoms with Crippen LogP contribution in [0.4, 0.5) is 5.69 Å². The molecule has 0 saturated heterocycles. The number of thioether (sulfide) groups is 1. The Hall–Kier alpha value is -1.21. The number of amides is 1. The molecule has 0 aliphatic heterocycles. The normalized spacial score (nSPS) is 10.1. The number of thiophene rings is 1. The molecule has 0 spiro atoms. The zero-order valence-corrected chi connectivity index (χ0v) is 11.5. The van der Waals surface area contributed by atoms with Crippen molar-refractivity contribution in [1.82, 2.24) is 5.32 Å². The quantitative estimate of drug-likeness (QED) is 0.643. The second kappa shape index (κ2) is 5.92. The molecule has 17 heavy (non-hydrogen) atoms. The van der Waals surface area contributed by atoms with E-state index in [4.69, 9.17) is 5.73 Å². The summed E-state index contributed by atoms with van der Waals surface area (Å²) >= 11 is 2.67. The van der Waals surface area contributed by atoms with E-state index in [1.54, 1.807) is 0 Å². The molecule has 1 aromatic rings. The third-order valence-electron chi connectivity index (χ3n) is 2.01. The first-order valence-electron chi connectivity index (χ1n) is 4.92. The third kappa shape index (κ3) is 2.73. The number of hydrogen-bond donors (Lipinski definition) is 2. The molecule has 0 saturated carbocycles. The molecule has 0 aromatic carbocycles. The lowest BCUT2D eigenvalue weighted by atomic mass is 10.2. The molecule has 1 heterocycles. The molecule has 0 radical (unpaired) electrons. The maximum Gasteiger partial charge on any atom is 0.350 e. The number of rotatable bonds is 4. The van der Waals surface area contributed by atoms with Gasteiger partial charge in [-0.2, -0.15) is 0 Å². The molecular formula is C10H14N2O3S2. The van der Waals surface area contributed by atoms with E-state index in [2.05, 4.69) is 10.1 Å². The summed E-state index contributed by atoms with van der Waals surface area (Å²) in [6.07, 6.45) is 0. The van der Waals surface area contributed by atoms with E-state index in [0.29, 0.717) is 5.56 Å². The van der Waals surface area contributed by atoms with Crippen molar-refractivity contribution in [1.29, 1.82) is 0 Å². The average molecular weight is 274 g/mol. The van der Waals surface area contributed by atoms with Gasteiger partial charge in [-0.05, 0) is 5.75 Å². The van der Waals surface area contributed by atoms with Crippen molar-refractivity contribution in [2.24, 2.45) is 0 Å². The molecule has 0 atom stereocenters. The summed E-state index contributed by atoms with van der Waals surface area (Å²) in [5.41, 5.74) is 6.38. The largest absolute Gasteiger partial charge is 0.465 e. The number of esters is 1. The summed E-state index contributed by atoms with van der Waals surface area (Å²) < 4.78 is 5.37. The molecular weight excluding hydrogens is 260 g/mol. The highest BCUT2D eigenvalue weighted by Gasteiger charge is 2.25. The Morgan fingerprint density at radius 1 is 1.53 bits per heavy atom. The monoisotopic (exact) mass is 274 g/mol. The van der Waals surface area contributed by atoms with Crippen molar-refractivity contribution >= 4 is 40.7 Å². The molecule has 0 aliphatic rings. The third-order valence-corrected chi connectivity index (χ3v) is 4.35. The molecule has 0 fully saturated rings. The fourth-order valence-electron chi connectivity index (χ4n) is 1.24. The summed E-state index contributed by atoms with van der Waals surface area (Å²) in [7, 11) is 2.81. The van der Waals surface area contributed by atoms with E-state index in [1.165, 1.54) is 37.3 Å². The Balaban J connectivity index is 3.29. The summed E-state index contributed by atoms with van der Waals surface area (Å²) in [5, 5.41) is 2.51. The van der Waals surface area contributed by atoms with Crippen molar-refractivity contribution in [2.45, 2.75) is 11.1 Å². The number of nitrogen functional groups attached to an aromatic ring is 1. The van der Waals surface area contributed by atoms with Crippen molar-refractivity contribution in [3.63, 3.8) is 0 Å². The standard InChI is InChI=1S/C10H14N2O3S2/c1-4-16-10-5(8(13)12-2)6(11)7(17-10)9(14)15-3/h4,11H2,1-3H3,(H,12,13). The fraction of sp³-hybridized carbons (Fsp3) is 0.400. The van der Waals surface area contributed by atoms with Crippen molar-refractivity contribution in [3.8, 4) is 0 Å². The van der Waals surface area contributed by atoms with E-state index in [1.807, 2.05) is 6.92 Å². The van der Waals surface area contributed by atoms with Crippen LogP contribution in [0.1, 0.15) is 27.0 Å². The van der Waals surface area contributed by atoms with Gasteiger partial charge in [-0.1, -0.05) is 6.92 Å². The first-order chi connectivity index (χ1) is 8.06. The van der Waals surface area contributed by atoms with E-state index in [0.717, 1.165) is 9.96 Å². The molecule has 0 unspecified atom stereocenters. The van der Waals surface area contributed by atoms with Crippen LogP contribution in [0.5, 0.6) is 0 Å². The van der Waals surface area contributed by atoms with Gasteiger partial charge in [-0.15, -0.1) is 23.1 Å². The Labute approximate surface area is 108 Å². The number of nitrogens with two attached hydrogens (primary N) is 1. The minimum absolute atomic E-state index is 0.192. The Kier molecular flexibility index (Phi) is 4.83. The van der Waals surface area contributed by atoms with Gasteiger partial charge in [0, 0.05) is 7.05 Å². The van der Waals surface area contributed by atoms with Crippen molar-refractivity contribution in [2.75, 3.05) is 25.6 Å². The van der Waals surface area contributed by atoms with Crippen LogP contribution in [0.3, 0.4) is 0 Å². The number of nitrogens with one attached hydrogen (secondary N) is 1.